The quantitative estimate of drug-likeness (QED) is 0.723. The molecule has 3 nitrogen and oxygen atoms in total. The van der Waals surface area contributed by atoms with Crippen molar-refractivity contribution in [3.05, 3.63) is 17.7 Å². The Kier molecular flexibility index (Phi) is 2.51. The Labute approximate surface area is 97.5 Å². The molecular formula is C13H21N3. The number of nitrogens with zero attached hydrogens (tertiary/aromatic N) is 3. The van der Waals surface area contributed by atoms with Gasteiger partial charge in [0.1, 0.15) is 5.82 Å². The van der Waals surface area contributed by atoms with Crippen LogP contribution in [0, 0.1) is 0 Å². The summed E-state index contributed by atoms with van der Waals surface area (Å²) in [5.41, 5.74) is 1.31. The largest absolute Gasteiger partial charge is 0.334 e. The lowest BCUT2D eigenvalue weighted by Crippen LogP contribution is -2.17. The second-order valence-corrected chi connectivity index (χ2v) is 5.40. The van der Waals surface area contributed by atoms with Crippen LogP contribution in [0.15, 0.2) is 6.20 Å². The van der Waals surface area contributed by atoms with Gasteiger partial charge in [0.2, 0.25) is 0 Å². The Bertz CT molecular complexity index is 383. The van der Waals surface area contributed by atoms with Crippen molar-refractivity contribution in [1.29, 1.82) is 0 Å². The van der Waals surface area contributed by atoms with Crippen LogP contribution in [0.2, 0.25) is 0 Å². The number of fused-ring (bicyclic) bond motifs is 1. The lowest BCUT2D eigenvalue weighted by atomic mass is 10.0. The predicted molar refractivity (Wildman–Crippen MR) is 64.5 cm³/mol. The molecule has 2 aliphatic heterocycles. The SMILES string of the molecule is CC1CCCn2cc(C3CCCN3C)nc21. The van der Waals surface area contributed by atoms with Crippen LogP contribution in [0.3, 0.4) is 0 Å². The van der Waals surface area contributed by atoms with E-state index < -0.39 is 0 Å². The Morgan fingerprint density at radius 1 is 1.25 bits per heavy atom. The summed E-state index contributed by atoms with van der Waals surface area (Å²) in [6.07, 6.45) is 7.51. The zero-order valence-corrected chi connectivity index (χ0v) is 10.3. The first-order valence-corrected chi connectivity index (χ1v) is 6.53. The zero-order valence-electron chi connectivity index (χ0n) is 10.3. The highest BCUT2D eigenvalue weighted by Crippen LogP contribution is 2.33. The molecule has 1 aromatic rings. The minimum Gasteiger partial charge on any atom is -0.334 e. The maximum absolute atomic E-state index is 4.89. The smallest absolute Gasteiger partial charge is 0.111 e. The summed E-state index contributed by atoms with van der Waals surface area (Å²) in [6, 6.07) is 0.574. The van der Waals surface area contributed by atoms with Gasteiger partial charge in [0.25, 0.3) is 0 Å². The standard InChI is InChI=1S/C13H21N3/c1-10-5-3-8-16-9-11(14-13(10)16)12-6-4-7-15(12)2/h9-10,12H,3-8H2,1-2H3. The molecule has 3 rings (SSSR count). The van der Waals surface area contributed by atoms with E-state index in [9.17, 15) is 0 Å². The number of rotatable bonds is 1. The van der Waals surface area contributed by atoms with Gasteiger partial charge in [-0.1, -0.05) is 6.92 Å². The minimum absolute atomic E-state index is 0.574. The number of hydrogen-bond acceptors (Lipinski definition) is 2. The molecule has 1 aromatic heterocycles. The van der Waals surface area contributed by atoms with Crippen molar-refractivity contribution < 1.29 is 0 Å². The lowest BCUT2D eigenvalue weighted by molar-refractivity contribution is 0.312. The number of likely N-dealkylation sites (tertiary alicyclic amines) is 1. The van der Waals surface area contributed by atoms with Gasteiger partial charge < -0.3 is 4.57 Å². The Morgan fingerprint density at radius 2 is 2.06 bits per heavy atom. The van der Waals surface area contributed by atoms with Gasteiger partial charge in [-0.3, -0.25) is 4.90 Å². The van der Waals surface area contributed by atoms with Crippen LogP contribution < -0.4 is 0 Å². The maximum Gasteiger partial charge on any atom is 0.111 e. The highest BCUT2D eigenvalue weighted by molar-refractivity contribution is 5.14. The van der Waals surface area contributed by atoms with E-state index in [1.165, 1.54) is 50.3 Å². The van der Waals surface area contributed by atoms with Crippen LogP contribution in [0.1, 0.15) is 56.1 Å². The van der Waals surface area contributed by atoms with Crippen molar-refractivity contribution in [3.63, 3.8) is 0 Å². The molecule has 2 unspecified atom stereocenters. The molecule has 0 spiro atoms. The molecule has 2 atom stereocenters. The summed E-state index contributed by atoms with van der Waals surface area (Å²) in [5.74, 6) is 1.97. The van der Waals surface area contributed by atoms with Gasteiger partial charge >= 0.3 is 0 Å². The van der Waals surface area contributed by atoms with Crippen LogP contribution in [0.25, 0.3) is 0 Å². The summed E-state index contributed by atoms with van der Waals surface area (Å²) >= 11 is 0. The second-order valence-electron chi connectivity index (χ2n) is 5.40. The van der Waals surface area contributed by atoms with E-state index in [0.29, 0.717) is 12.0 Å². The molecule has 0 radical (unpaired) electrons. The van der Waals surface area contributed by atoms with Crippen molar-refractivity contribution in [2.75, 3.05) is 13.6 Å². The number of aryl methyl sites for hydroxylation is 1. The zero-order chi connectivity index (χ0) is 11.1. The van der Waals surface area contributed by atoms with Crippen molar-refractivity contribution in [1.82, 2.24) is 14.5 Å². The Hall–Kier alpha value is -0.830. The average molecular weight is 219 g/mol. The fraction of sp³-hybridized carbons (Fsp3) is 0.769. The van der Waals surface area contributed by atoms with Crippen molar-refractivity contribution >= 4 is 0 Å². The van der Waals surface area contributed by atoms with Gasteiger partial charge in [0.15, 0.2) is 0 Å². The molecule has 3 heterocycles. The third-order valence-corrected chi connectivity index (χ3v) is 4.16. The van der Waals surface area contributed by atoms with Crippen LogP contribution >= 0.6 is 0 Å². The fourth-order valence-corrected chi connectivity index (χ4v) is 3.16. The molecule has 1 fully saturated rings. The van der Waals surface area contributed by atoms with Crippen LogP contribution in [0.4, 0.5) is 0 Å². The van der Waals surface area contributed by atoms with Gasteiger partial charge in [-0.05, 0) is 39.3 Å². The summed E-state index contributed by atoms with van der Waals surface area (Å²) in [6.45, 7) is 4.70. The van der Waals surface area contributed by atoms with E-state index in [1.807, 2.05) is 0 Å². The van der Waals surface area contributed by atoms with Gasteiger partial charge in [0.05, 0.1) is 11.7 Å². The number of imidazole rings is 1. The summed E-state index contributed by atoms with van der Waals surface area (Å²) in [7, 11) is 2.22. The van der Waals surface area contributed by atoms with Crippen LogP contribution in [-0.2, 0) is 6.54 Å². The third kappa shape index (κ3) is 1.58. The van der Waals surface area contributed by atoms with Gasteiger partial charge in [-0.25, -0.2) is 4.98 Å². The molecular weight excluding hydrogens is 198 g/mol. The van der Waals surface area contributed by atoms with Gasteiger partial charge in [0, 0.05) is 18.7 Å². The molecule has 3 heteroatoms. The topological polar surface area (TPSA) is 21.1 Å². The number of hydrogen-bond donors (Lipinski definition) is 0. The fourth-order valence-electron chi connectivity index (χ4n) is 3.16. The van der Waals surface area contributed by atoms with E-state index in [2.05, 4.69) is 29.6 Å². The predicted octanol–water partition coefficient (Wildman–Crippen LogP) is 2.55. The molecule has 0 N–H and O–H groups in total. The molecule has 0 aliphatic carbocycles. The molecule has 1 saturated heterocycles. The van der Waals surface area contributed by atoms with Crippen molar-refractivity contribution in [3.8, 4) is 0 Å². The first kappa shape index (κ1) is 10.3. The summed E-state index contributed by atoms with van der Waals surface area (Å²) < 4.78 is 2.38. The van der Waals surface area contributed by atoms with Crippen molar-refractivity contribution in [2.24, 2.45) is 0 Å². The highest BCUT2D eigenvalue weighted by Gasteiger charge is 2.27. The molecule has 88 valence electrons. The Morgan fingerprint density at radius 3 is 2.75 bits per heavy atom. The normalized spacial score (nSPS) is 30.6. The molecule has 2 aliphatic rings. The summed E-state index contributed by atoms with van der Waals surface area (Å²) in [4.78, 5) is 7.33. The molecule has 16 heavy (non-hydrogen) atoms. The first-order valence-electron chi connectivity index (χ1n) is 6.53. The monoisotopic (exact) mass is 219 g/mol. The second kappa shape index (κ2) is 3.88. The molecule has 0 amide bonds. The number of aromatic nitrogens is 2. The minimum atomic E-state index is 0.574. The first-order chi connectivity index (χ1) is 7.75. The Balaban J connectivity index is 1.91. The van der Waals surface area contributed by atoms with Gasteiger partial charge in [-0.15, -0.1) is 0 Å². The summed E-state index contributed by atoms with van der Waals surface area (Å²) in [5, 5.41) is 0. The lowest BCUT2D eigenvalue weighted by Gasteiger charge is -2.19. The highest BCUT2D eigenvalue weighted by atomic mass is 15.2. The average Bonchev–Trinajstić information content (AvgIpc) is 2.84. The molecule has 0 saturated carbocycles. The van der Waals surface area contributed by atoms with E-state index in [1.54, 1.807) is 0 Å². The van der Waals surface area contributed by atoms with E-state index in [4.69, 9.17) is 4.98 Å². The van der Waals surface area contributed by atoms with Crippen LogP contribution in [-0.4, -0.2) is 28.0 Å². The third-order valence-electron chi connectivity index (χ3n) is 4.16. The van der Waals surface area contributed by atoms with E-state index in [-0.39, 0.29) is 0 Å². The van der Waals surface area contributed by atoms with Crippen LogP contribution in [0.5, 0.6) is 0 Å². The van der Waals surface area contributed by atoms with Gasteiger partial charge in [-0.2, -0.15) is 0 Å². The van der Waals surface area contributed by atoms with E-state index >= 15 is 0 Å². The van der Waals surface area contributed by atoms with Crippen molar-refractivity contribution in [2.45, 2.75) is 51.1 Å². The molecule has 0 aromatic carbocycles. The maximum atomic E-state index is 4.89. The van der Waals surface area contributed by atoms with E-state index in [0.717, 1.165) is 0 Å². The molecule has 0 bridgehead atoms.